The molecule has 4 N–H and O–H groups in total. The summed E-state index contributed by atoms with van der Waals surface area (Å²) in [7, 11) is 0. The quantitative estimate of drug-likeness (QED) is 0.620. The van der Waals surface area contributed by atoms with E-state index in [0.29, 0.717) is 24.8 Å². The molecule has 1 aromatic rings. The molecule has 1 rings (SSSR count). The first-order valence-corrected chi connectivity index (χ1v) is 6.74. The number of nitrogen functional groups attached to an aromatic ring is 1. The minimum absolute atomic E-state index is 0.239. The SMILES string of the molecule is CCc1[nH]nc(C(=O)NCCCOCC(C)C)c1N. The van der Waals surface area contributed by atoms with Crippen LogP contribution >= 0.6 is 0 Å². The number of nitrogens with one attached hydrogen (secondary N) is 2. The van der Waals surface area contributed by atoms with E-state index in [2.05, 4.69) is 29.4 Å². The summed E-state index contributed by atoms with van der Waals surface area (Å²) in [6, 6.07) is 0. The van der Waals surface area contributed by atoms with Crippen molar-refractivity contribution in [3.05, 3.63) is 11.4 Å². The molecule has 0 unspecified atom stereocenters. The van der Waals surface area contributed by atoms with Gasteiger partial charge >= 0.3 is 0 Å². The normalized spacial score (nSPS) is 10.9. The fourth-order valence-corrected chi connectivity index (χ4v) is 1.61. The number of nitrogens with zero attached hydrogens (tertiary/aromatic N) is 1. The molecule has 0 spiro atoms. The van der Waals surface area contributed by atoms with Crippen LogP contribution in [0.3, 0.4) is 0 Å². The van der Waals surface area contributed by atoms with Crippen molar-refractivity contribution in [2.45, 2.75) is 33.6 Å². The van der Waals surface area contributed by atoms with Gasteiger partial charge in [0.05, 0.1) is 11.4 Å². The molecule has 0 atom stereocenters. The molecular weight excluding hydrogens is 244 g/mol. The second-order valence-corrected chi connectivity index (χ2v) is 4.90. The zero-order valence-electron chi connectivity index (χ0n) is 12.0. The van der Waals surface area contributed by atoms with Crippen molar-refractivity contribution >= 4 is 11.6 Å². The van der Waals surface area contributed by atoms with E-state index in [1.165, 1.54) is 0 Å². The fraction of sp³-hybridized carbons (Fsp3) is 0.692. The Morgan fingerprint density at radius 2 is 2.26 bits per heavy atom. The van der Waals surface area contributed by atoms with Gasteiger partial charge in [-0.3, -0.25) is 9.89 Å². The summed E-state index contributed by atoms with van der Waals surface area (Å²) in [6.07, 6.45) is 1.51. The van der Waals surface area contributed by atoms with Crippen molar-refractivity contribution in [2.24, 2.45) is 5.92 Å². The number of nitrogens with two attached hydrogens (primary N) is 1. The number of hydrogen-bond donors (Lipinski definition) is 3. The first kappa shape index (κ1) is 15.5. The van der Waals surface area contributed by atoms with Crippen LogP contribution in [0.2, 0.25) is 0 Å². The number of anilines is 1. The predicted molar refractivity (Wildman–Crippen MR) is 75.0 cm³/mol. The summed E-state index contributed by atoms with van der Waals surface area (Å²) in [4.78, 5) is 11.8. The standard InChI is InChI=1S/C13H24N4O2/c1-4-10-11(14)12(17-16-10)13(18)15-6-5-7-19-8-9(2)3/h9H,4-8,14H2,1-3H3,(H,15,18)(H,16,17). The minimum atomic E-state index is -0.239. The third-order valence-electron chi connectivity index (χ3n) is 2.65. The molecule has 1 aromatic heterocycles. The molecule has 6 heteroatoms. The van der Waals surface area contributed by atoms with Crippen molar-refractivity contribution in [3.8, 4) is 0 Å². The van der Waals surface area contributed by atoms with E-state index in [4.69, 9.17) is 10.5 Å². The van der Waals surface area contributed by atoms with Crippen molar-refractivity contribution in [2.75, 3.05) is 25.5 Å². The Labute approximate surface area is 114 Å². The number of aromatic amines is 1. The second kappa shape index (κ2) is 7.78. The molecule has 1 heterocycles. The molecule has 0 aliphatic rings. The van der Waals surface area contributed by atoms with Crippen LogP contribution in [0.5, 0.6) is 0 Å². The Balaban J connectivity index is 2.26. The summed E-state index contributed by atoms with van der Waals surface area (Å²) in [6.45, 7) is 8.12. The monoisotopic (exact) mass is 268 g/mol. The number of carbonyl (C=O) groups excluding carboxylic acids is 1. The highest BCUT2D eigenvalue weighted by Gasteiger charge is 2.15. The Morgan fingerprint density at radius 1 is 1.53 bits per heavy atom. The highest BCUT2D eigenvalue weighted by molar-refractivity contribution is 5.97. The zero-order chi connectivity index (χ0) is 14.3. The van der Waals surface area contributed by atoms with Crippen LogP contribution < -0.4 is 11.1 Å². The first-order valence-electron chi connectivity index (χ1n) is 6.74. The molecule has 0 fully saturated rings. The largest absolute Gasteiger partial charge is 0.395 e. The molecule has 0 bridgehead atoms. The van der Waals surface area contributed by atoms with Gasteiger partial charge in [-0.25, -0.2) is 0 Å². The summed E-state index contributed by atoms with van der Waals surface area (Å²) in [5.41, 5.74) is 7.34. The maximum Gasteiger partial charge on any atom is 0.273 e. The van der Waals surface area contributed by atoms with Crippen molar-refractivity contribution in [1.29, 1.82) is 0 Å². The van der Waals surface area contributed by atoms with E-state index in [1.807, 2.05) is 6.92 Å². The number of rotatable bonds is 8. The summed E-state index contributed by atoms with van der Waals surface area (Å²) in [5, 5.41) is 9.48. The molecule has 0 aromatic carbocycles. The van der Waals surface area contributed by atoms with Gasteiger partial charge < -0.3 is 15.8 Å². The molecule has 0 saturated heterocycles. The summed E-state index contributed by atoms with van der Waals surface area (Å²) in [5.74, 6) is 0.295. The molecular formula is C13H24N4O2. The Kier molecular flexibility index (Phi) is 6.35. The second-order valence-electron chi connectivity index (χ2n) is 4.90. The molecule has 6 nitrogen and oxygen atoms in total. The van der Waals surface area contributed by atoms with E-state index < -0.39 is 0 Å². The van der Waals surface area contributed by atoms with E-state index in [-0.39, 0.29) is 11.6 Å². The molecule has 0 aliphatic carbocycles. The lowest BCUT2D eigenvalue weighted by Gasteiger charge is -2.07. The van der Waals surface area contributed by atoms with Gasteiger partial charge in [-0.2, -0.15) is 5.10 Å². The number of aryl methyl sites for hydroxylation is 1. The first-order chi connectivity index (χ1) is 9.06. The topological polar surface area (TPSA) is 93.0 Å². The number of amides is 1. The van der Waals surface area contributed by atoms with Crippen LogP contribution in [0.1, 0.15) is 43.4 Å². The third-order valence-corrected chi connectivity index (χ3v) is 2.65. The lowest BCUT2D eigenvalue weighted by Crippen LogP contribution is -2.26. The van der Waals surface area contributed by atoms with Gasteiger partial charge in [0.2, 0.25) is 0 Å². The van der Waals surface area contributed by atoms with Crippen molar-refractivity contribution in [3.63, 3.8) is 0 Å². The van der Waals surface area contributed by atoms with E-state index in [0.717, 1.165) is 25.1 Å². The van der Waals surface area contributed by atoms with Crippen molar-refractivity contribution < 1.29 is 9.53 Å². The minimum Gasteiger partial charge on any atom is -0.395 e. The lowest BCUT2D eigenvalue weighted by atomic mass is 10.2. The van der Waals surface area contributed by atoms with Gasteiger partial charge in [-0.1, -0.05) is 20.8 Å². The van der Waals surface area contributed by atoms with Gasteiger partial charge in [-0.05, 0) is 18.8 Å². The van der Waals surface area contributed by atoms with Gasteiger partial charge in [0.25, 0.3) is 5.91 Å². The Hall–Kier alpha value is -1.56. The van der Waals surface area contributed by atoms with Crippen LogP contribution in [-0.4, -0.2) is 35.9 Å². The molecule has 19 heavy (non-hydrogen) atoms. The van der Waals surface area contributed by atoms with Crippen LogP contribution in [0.4, 0.5) is 5.69 Å². The maximum atomic E-state index is 11.8. The maximum absolute atomic E-state index is 11.8. The van der Waals surface area contributed by atoms with Gasteiger partial charge in [0.1, 0.15) is 0 Å². The highest BCUT2D eigenvalue weighted by atomic mass is 16.5. The van der Waals surface area contributed by atoms with Crippen LogP contribution in [-0.2, 0) is 11.2 Å². The predicted octanol–water partition coefficient (Wildman–Crippen LogP) is 1.35. The molecule has 0 aliphatic heterocycles. The fourth-order valence-electron chi connectivity index (χ4n) is 1.61. The number of aromatic nitrogens is 2. The van der Waals surface area contributed by atoms with Crippen LogP contribution in [0.25, 0.3) is 0 Å². The molecule has 0 radical (unpaired) electrons. The van der Waals surface area contributed by atoms with Crippen LogP contribution in [0.15, 0.2) is 0 Å². The average molecular weight is 268 g/mol. The van der Waals surface area contributed by atoms with E-state index in [1.54, 1.807) is 0 Å². The van der Waals surface area contributed by atoms with Crippen molar-refractivity contribution in [1.82, 2.24) is 15.5 Å². The molecule has 1 amide bonds. The number of ether oxygens (including phenoxy) is 1. The molecule has 0 saturated carbocycles. The highest BCUT2D eigenvalue weighted by Crippen LogP contribution is 2.13. The summed E-state index contributed by atoms with van der Waals surface area (Å²) >= 11 is 0. The van der Waals surface area contributed by atoms with Gasteiger partial charge in [0, 0.05) is 19.8 Å². The van der Waals surface area contributed by atoms with Crippen LogP contribution in [0, 0.1) is 5.92 Å². The number of carbonyl (C=O) groups is 1. The zero-order valence-corrected chi connectivity index (χ0v) is 12.0. The van der Waals surface area contributed by atoms with Gasteiger partial charge in [0.15, 0.2) is 5.69 Å². The molecule has 108 valence electrons. The van der Waals surface area contributed by atoms with E-state index >= 15 is 0 Å². The Morgan fingerprint density at radius 3 is 2.84 bits per heavy atom. The van der Waals surface area contributed by atoms with Gasteiger partial charge in [-0.15, -0.1) is 0 Å². The summed E-state index contributed by atoms with van der Waals surface area (Å²) < 4.78 is 5.43. The third kappa shape index (κ3) is 4.90. The smallest absolute Gasteiger partial charge is 0.273 e. The lowest BCUT2D eigenvalue weighted by molar-refractivity contribution is 0.0921. The number of H-pyrrole nitrogens is 1. The Bertz CT molecular complexity index is 401. The van der Waals surface area contributed by atoms with E-state index in [9.17, 15) is 4.79 Å². The average Bonchev–Trinajstić information content (AvgIpc) is 2.74. The number of hydrogen-bond acceptors (Lipinski definition) is 4.